The largest absolute Gasteiger partial charge is 0.406 e. The van der Waals surface area contributed by atoms with Crippen LogP contribution in [0.2, 0.25) is 0 Å². The van der Waals surface area contributed by atoms with E-state index in [-0.39, 0.29) is 12.6 Å². The van der Waals surface area contributed by atoms with Crippen LogP contribution in [0.15, 0.2) is 12.7 Å². The average molecular weight is 321 g/mol. The summed E-state index contributed by atoms with van der Waals surface area (Å²) in [6, 6.07) is -0.149. The highest BCUT2D eigenvalue weighted by molar-refractivity contribution is 5.80. The van der Waals surface area contributed by atoms with Crippen molar-refractivity contribution in [1.82, 2.24) is 14.7 Å². The highest BCUT2D eigenvalue weighted by atomic mass is 19.4. The van der Waals surface area contributed by atoms with Crippen molar-refractivity contribution in [2.45, 2.75) is 19.0 Å². The lowest BCUT2D eigenvalue weighted by atomic mass is 9.95. The van der Waals surface area contributed by atoms with Gasteiger partial charge >= 0.3 is 12.2 Å². The summed E-state index contributed by atoms with van der Waals surface area (Å²) in [5, 5.41) is 0. The van der Waals surface area contributed by atoms with Gasteiger partial charge in [0.05, 0.1) is 0 Å². The molecule has 0 N–H and O–H groups in total. The molecule has 3 amide bonds. The first-order valence-corrected chi connectivity index (χ1v) is 7.08. The maximum atomic E-state index is 12.5. The molecule has 1 fully saturated rings. The maximum absolute atomic E-state index is 12.5. The van der Waals surface area contributed by atoms with E-state index in [2.05, 4.69) is 6.58 Å². The highest BCUT2D eigenvalue weighted by Gasteiger charge is 2.36. The topological polar surface area (TPSA) is 43.9 Å². The second-order valence-corrected chi connectivity index (χ2v) is 5.56. The van der Waals surface area contributed by atoms with Crippen LogP contribution < -0.4 is 0 Å². The molecule has 0 saturated carbocycles. The minimum atomic E-state index is -4.43. The Hall–Kier alpha value is -1.73. The van der Waals surface area contributed by atoms with Crippen LogP contribution in [0.25, 0.3) is 0 Å². The molecule has 126 valence electrons. The second-order valence-electron chi connectivity index (χ2n) is 5.56. The number of carbonyl (C=O) groups is 2. The zero-order chi connectivity index (χ0) is 16.9. The summed E-state index contributed by atoms with van der Waals surface area (Å²) in [4.78, 5) is 27.9. The van der Waals surface area contributed by atoms with E-state index < -0.39 is 24.5 Å². The number of likely N-dealkylation sites (tertiary alicyclic amines) is 1. The first kappa shape index (κ1) is 18.3. The number of hydrogen-bond acceptors (Lipinski definition) is 2. The van der Waals surface area contributed by atoms with Crippen LogP contribution in [-0.4, -0.2) is 73.1 Å². The SMILES string of the molecule is C=CCN(CC(F)(F)F)C(=O)C1CCN(C(=O)N(C)C)CC1. The van der Waals surface area contributed by atoms with Gasteiger partial charge in [0.15, 0.2) is 0 Å². The standard InChI is InChI=1S/C14H22F3N3O2/c1-4-7-20(10-14(15,16)17)12(21)11-5-8-19(9-6-11)13(22)18(2)3/h4,11H,1,5-10H2,2-3H3. The van der Waals surface area contributed by atoms with E-state index in [1.54, 1.807) is 19.0 Å². The van der Waals surface area contributed by atoms with Crippen LogP contribution in [0.3, 0.4) is 0 Å². The smallest absolute Gasteiger partial charge is 0.331 e. The Labute approximate surface area is 128 Å². The minimum Gasteiger partial charge on any atom is -0.331 e. The molecule has 0 bridgehead atoms. The van der Waals surface area contributed by atoms with Gasteiger partial charge in [-0.1, -0.05) is 6.08 Å². The summed E-state index contributed by atoms with van der Waals surface area (Å²) in [5.41, 5.74) is 0. The van der Waals surface area contributed by atoms with E-state index in [0.717, 1.165) is 4.90 Å². The lowest BCUT2D eigenvalue weighted by molar-refractivity contribution is -0.163. The molecule has 0 aliphatic carbocycles. The molecule has 1 saturated heterocycles. The third-order valence-electron chi connectivity index (χ3n) is 3.53. The van der Waals surface area contributed by atoms with Crippen molar-refractivity contribution in [2.75, 3.05) is 40.3 Å². The maximum Gasteiger partial charge on any atom is 0.406 e. The van der Waals surface area contributed by atoms with Crippen molar-refractivity contribution >= 4 is 11.9 Å². The molecule has 1 aliphatic heterocycles. The highest BCUT2D eigenvalue weighted by Crippen LogP contribution is 2.23. The van der Waals surface area contributed by atoms with Crippen LogP contribution in [0.1, 0.15) is 12.8 Å². The molecule has 1 heterocycles. The van der Waals surface area contributed by atoms with Gasteiger partial charge in [0.1, 0.15) is 6.54 Å². The average Bonchev–Trinajstić information content (AvgIpc) is 2.44. The van der Waals surface area contributed by atoms with Crippen molar-refractivity contribution in [3.05, 3.63) is 12.7 Å². The summed E-state index contributed by atoms with van der Waals surface area (Å²) in [7, 11) is 3.27. The quantitative estimate of drug-likeness (QED) is 0.743. The number of nitrogens with zero attached hydrogens (tertiary/aromatic N) is 3. The minimum absolute atomic E-state index is 0.130. The summed E-state index contributed by atoms with van der Waals surface area (Å²) in [5.74, 6) is -0.998. The van der Waals surface area contributed by atoms with E-state index >= 15 is 0 Å². The fourth-order valence-electron chi connectivity index (χ4n) is 2.46. The Morgan fingerprint density at radius 3 is 2.23 bits per heavy atom. The summed E-state index contributed by atoms with van der Waals surface area (Å²) in [6.45, 7) is 2.75. The van der Waals surface area contributed by atoms with Gasteiger partial charge in [-0.15, -0.1) is 6.58 Å². The molecule has 1 rings (SSSR count). The third-order valence-corrected chi connectivity index (χ3v) is 3.53. The monoisotopic (exact) mass is 321 g/mol. The van der Waals surface area contributed by atoms with Crippen molar-refractivity contribution in [1.29, 1.82) is 0 Å². The fourth-order valence-corrected chi connectivity index (χ4v) is 2.46. The Balaban J connectivity index is 2.62. The summed E-state index contributed by atoms with van der Waals surface area (Å²) in [6.07, 6.45) is -2.39. The molecule has 0 unspecified atom stereocenters. The Morgan fingerprint density at radius 1 is 1.27 bits per heavy atom. The third kappa shape index (κ3) is 5.23. The van der Waals surface area contributed by atoms with Crippen LogP contribution in [0, 0.1) is 5.92 Å². The molecule has 0 spiro atoms. The van der Waals surface area contributed by atoms with E-state index in [0.29, 0.717) is 25.9 Å². The van der Waals surface area contributed by atoms with Crippen LogP contribution >= 0.6 is 0 Å². The van der Waals surface area contributed by atoms with Gasteiger partial charge in [-0.2, -0.15) is 13.2 Å². The molecule has 0 radical (unpaired) electrons. The number of urea groups is 1. The van der Waals surface area contributed by atoms with Gasteiger partial charge in [-0.05, 0) is 12.8 Å². The first-order chi connectivity index (χ1) is 10.2. The van der Waals surface area contributed by atoms with Gasteiger partial charge in [-0.25, -0.2) is 4.79 Å². The molecule has 0 aromatic carbocycles. The lowest BCUT2D eigenvalue weighted by Gasteiger charge is -2.35. The van der Waals surface area contributed by atoms with Crippen molar-refractivity contribution in [3.8, 4) is 0 Å². The Kier molecular flexibility index (Phi) is 6.25. The van der Waals surface area contributed by atoms with E-state index in [1.165, 1.54) is 11.0 Å². The van der Waals surface area contributed by atoms with E-state index in [4.69, 9.17) is 0 Å². The Morgan fingerprint density at radius 2 is 1.82 bits per heavy atom. The van der Waals surface area contributed by atoms with E-state index in [1.807, 2.05) is 0 Å². The predicted molar refractivity (Wildman–Crippen MR) is 76.2 cm³/mol. The number of piperidine rings is 1. The number of halogens is 3. The molecule has 0 aromatic rings. The molecule has 0 atom stereocenters. The van der Waals surface area contributed by atoms with Gasteiger partial charge < -0.3 is 14.7 Å². The van der Waals surface area contributed by atoms with Crippen molar-refractivity contribution in [3.63, 3.8) is 0 Å². The summed E-state index contributed by atoms with van der Waals surface area (Å²) < 4.78 is 37.6. The van der Waals surface area contributed by atoms with Crippen LogP contribution in [0.5, 0.6) is 0 Å². The zero-order valence-electron chi connectivity index (χ0n) is 12.9. The normalized spacial score (nSPS) is 16.3. The number of carbonyl (C=O) groups excluding carboxylic acids is 2. The van der Waals surface area contributed by atoms with Gasteiger partial charge in [-0.3, -0.25) is 4.79 Å². The predicted octanol–water partition coefficient (Wildman–Crippen LogP) is 1.96. The first-order valence-electron chi connectivity index (χ1n) is 7.08. The van der Waals surface area contributed by atoms with Crippen LogP contribution in [0.4, 0.5) is 18.0 Å². The van der Waals surface area contributed by atoms with Gasteiger partial charge in [0.25, 0.3) is 0 Å². The second kappa shape index (κ2) is 7.51. The van der Waals surface area contributed by atoms with Crippen LogP contribution in [-0.2, 0) is 4.79 Å². The van der Waals surface area contributed by atoms with Crippen molar-refractivity contribution < 1.29 is 22.8 Å². The molecular weight excluding hydrogens is 299 g/mol. The zero-order valence-corrected chi connectivity index (χ0v) is 12.9. The molecule has 5 nitrogen and oxygen atoms in total. The van der Waals surface area contributed by atoms with E-state index in [9.17, 15) is 22.8 Å². The molecular formula is C14H22F3N3O2. The molecule has 0 aromatic heterocycles. The number of rotatable bonds is 4. The molecule has 22 heavy (non-hydrogen) atoms. The lowest BCUT2D eigenvalue weighted by Crippen LogP contribution is -2.48. The molecule has 8 heteroatoms. The number of hydrogen-bond donors (Lipinski definition) is 0. The summed E-state index contributed by atoms with van der Waals surface area (Å²) >= 11 is 0. The molecule has 1 aliphatic rings. The van der Waals surface area contributed by atoms with Gasteiger partial charge in [0.2, 0.25) is 5.91 Å². The fraction of sp³-hybridized carbons (Fsp3) is 0.714. The number of alkyl halides is 3. The Bertz CT molecular complexity index is 416. The number of amides is 3. The van der Waals surface area contributed by atoms with Crippen molar-refractivity contribution in [2.24, 2.45) is 5.92 Å². The van der Waals surface area contributed by atoms with Gasteiger partial charge in [0, 0.05) is 39.6 Å².